The lowest BCUT2D eigenvalue weighted by Gasteiger charge is -2.20. The Morgan fingerprint density at radius 2 is 1.86 bits per heavy atom. The van der Waals surface area contributed by atoms with E-state index in [-0.39, 0.29) is 5.92 Å². The predicted octanol–water partition coefficient (Wildman–Crippen LogP) is 1.92. The van der Waals surface area contributed by atoms with Gasteiger partial charge in [-0.2, -0.15) is 0 Å². The molecule has 3 rings (SSSR count). The Morgan fingerprint density at radius 1 is 1.11 bits per heavy atom. The summed E-state index contributed by atoms with van der Waals surface area (Å²) in [6.07, 6.45) is 2.10. The van der Waals surface area contributed by atoms with Gasteiger partial charge in [0.1, 0.15) is 5.75 Å². The van der Waals surface area contributed by atoms with Crippen LogP contribution in [0.25, 0.3) is 10.9 Å². The number of ether oxygens (including phenoxy) is 1. The fourth-order valence-electron chi connectivity index (χ4n) is 3.31. The molecule has 0 amide bonds. The van der Waals surface area contributed by atoms with Crippen LogP contribution in [-0.4, -0.2) is 50.9 Å². The molecule has 0 unspecified atom stereocenters. The van der Waals surface area contributed by atoms with Crippen LogP contribution in [0.3, 0.4) is 0 Å². The van der Waals surface area contributed by atoms with Gasteiger partial charge in [-0.1, -0.05) is 30.3 Å². The van der Waals surface area contributed by atoms with E-state index in [0.717, 1.165) is 30.9 Å². The summed E-state index contributed by atoms with van der Waals surface area (Å²) in [5.41, 5.74) is 3.62. The molecular formula is C22H29N4OS+. The van der Waals surface area contributed by atoms with Crippen LogP contribution in [0.1, 0.15) is 17.0 Å². The van der Waals surface area contributed by atoms with Gasteiger partial charge < -0.3 is 25.3 Å². The smallest absolute Gasteiger partial charge is 0.166 e. The van der Waals surface area contributed by atoms with Gasteiger partial charge in [0.05, 0.1) is 34.3 Å². The summed E-state index contributed by atoms with van der Waals surface area (Å²) in [6.45, 7) is 2.59. The van der Waals surface area contributed by atoms with Gasteiger partial charge in [-0.25, -0.2) is 0 Å². The first-order chi connectivity index (χ1) is 13.6. The Hall–Kier alpha value is -2.57. The zero-order valence-corrected chi connectivity index (χ0v) is 17.5. The van der Waals surface area contributed by atoms with Gasteiger partial charge in [0.25, 0.3) is 0 Å². The summed E-state index contributed by atoms with van der Waals surface area (Å²) in [6, 6.07) is 16.7. The number of para-hydroxylation sites is 1. The highest BCUT2D eigenvalue weighted by molar-refractivity contribution is 7.80. The number of hydrogen-bond acceptors (Lipinski definition) is 2. The fraction of sp³-hybridized carbons (Fsp3) is 0.318. The van der Waals surface area contributed by atoms with E-state index in [4.69, 9.17) is 17.0 Å². The maximum Gasteiger partial charge on any atom is 0.166 e. The number of likely N-dealkylation sites (N-methyl/N-ethyl adjacent to an activating group) is 1. The van der Waals surface area contributed by atoms with Crippen molar-refractivity contribution in [3.05, 3.63) is 65.9 Å². The number of nitrogens with one attached hydrogen (secondary N) is 4. The number of methoxy groups -OCH3 is 1. The highest BCUT2D eigenvalue weighted by Crippen LogP contribution is 2.31. The average Bonchev–Trinajstić information content (AvgIpc) is 3.12. The minimum Gasteiger partial charge on any atom is -0.497 e. The summed E-state index contributed by atoms with van der Waals surface area (Å²) in [5, 5.41) is 8.63. The van der Waals surface area contributed by atoms with Crippen molar-refractivity contribution in [3.63, 3.8) is 0 Å². The maximum absolute atomic E-state index is 5.48. The molecule has 0 aliphatic heterocycles. The Morgan fingerprint density at radius 3 is 2.57 bits per heavy atom. The molecule has 148 valence electrons. The number of thiocarbonyl (C=S) groups is 1. The molecule has 1 heterocycles. The molecule has 0 aliphatic rings. The first-order valence-corrected chi connectivity index (χ1v) is 10.00. The lowest BCUT2D eigenvalue weighted by atomic mass is 9.91. The molecule has 0 bridgehead atoms. The largest absolute Gasteiger partial charge is 0.497 e. The second-order valence-corrected chi connectivity index (χ2v) is 7.62. The van der Waals surface area contributed by atoms with Crippen LogP contribution < -0.4 is 20.3 Å². The molecule has 3 aromatic rings. The average molecular weight is 398 g/mol. The third kappa shape index (κ3) is 5.03. The Bertz CT molecular complexity index is 904. The maximum atomic E-state index is 5.48. The Balaban J connectivity index is 1.79. The summed E-state index contributed by atoms with van der Waals surface area (Å²) in [7, 11) is 5.96. The van der Waals surface area contributed by atoms with E-state index in [0.29, 0.717) is 5.11 Å². The van der Waals surface area contributed by atoms with Crippen LogP contribution >= 0.6 is 12.2 Å². The lowest BCUT2D eigenvalue weighted by molar-refractivity contribution is -0.856. The van der Waals surface area contributed by atoms with Crippen molar-refractivity contribution in [2.75, 3.05) is 40.8 Å². The van der Waals surface area contributed by atoms with Crippen molar-refractivity contribution in [2.45, 2.75) is 5.92 Å². The van der Waals surface area contributed by atoms with Gasteiger partial charge >= 0.3 is 0 Å². The van der Waals surface area contributed by atoms with Crippen molar-refractivity contribution >= 4 is 28.2 Å². The monoisotopic (exact) mass is 397 g/mol. The van der Waals surface area contributed by atoms with Gasteiger partial charge in [-0.3, -0.25) is 0 Å². The fourth-order valence-corrected chi connectivity index (χ4v) is 3.49. The molecule has 0 radical (unpaired) electrons. The topological polar surface area (TPSA) is 53.5 Å². The van der Waals surface area contributed by atoms with E-state index in [1.54, 1.807) is 7.11 Å². The Labute approximate surface area is 172 Å². The molecule has 0 saturated heterocycles. The van der Waals surface area contributed by atoms with Crippen LogP contribution in [-0.2, 0) is 0 Å². The summed E-state index contributed by atoms with van der Waals surface area (Å²) < 4.78 is 5.32. The van der Waals surface area contributed by atoms with Crippen LogP contribution in [0.4, 0.5) is 0 Å². The van der Waals surface area contributed by atoms with Gasteiger partial charge in [0.15, 0.2) is 5.11 Å². The Kier molecular flexibility index (Phi) is 6.90. The molecule has 0 saturated carbocycles. The molecule has 0 aliphatic carbocycles. The van der Waals surface area contributed by atoms with Crippen molar-refractivity contribution in [2.24, 2.45) is 0 Å². The molecule has 1 aromatic heterocycles. The predicted molar refractivity (Wildman–Crippen MR) is 119 cm³/mol. The zero-order valence-electron chi connectivity index (χ0n) is 16.7. The number of aromatic nitrogens is 1. The van der Waals surface area contributed by atoms with Gasteiger partial charge in [-0.05, 0) is 41.5 Å². The van der Waals surface area contributed by atoms with Crippen molar-refractivity contribution < 1.29 is 9.64 Å². The van der Waals surface area contributed by atoms with Gasteiger partial charge in [0.2, 0.25) is 0 Å². The quantitative estimate of drug-likeness (QED) is 0.439. The first-order valence-electron chi connectivity index (χ1n) is 9.59. The van der Waals surface area contributed by atoms with Gasteiger partial charge in [-0.15, -0.1) is 0 Å². The molecular weight excluding hydrogens is 368 g/mol. The highest BCUT2D eigenvalue weighted by atomic mass is 32.1. The van der Waals surface area contributed by atoms with E-state index in [1.165, 1.54) is 21.4 Å². The standard InChI is InChI=1S/C22H28N4OS/c1-26(2)13-12-23-22(28)25-14-19(16-8-10-17(27-3)11-9-16)20-15-24-21-7-5-4-6-18(20)21/h4-11,15,19,24H,12-14H2,1-3H3,(H2,23,25,28)/p+1/t19-/m1/s1. The molecule has 28 heavy (non-hydrogen) atoms. The highest BCUT2D eigenvalue weighted by Gasteiger charge is 2.18. The van der Waals surface area contributed by atoms with Crippen LogP contribution in [0.15, 0.2) is 54.7 Å². The number of fused-ring (bicyclic) bond motifs is 1. The minimum absolute atomic E-state index is 0.168. The minimum atomic E-state index is 0.168. The van der Waals surface area contributed by atoms with E-state index in [2.05, 4.69) is 72.3 Å². The third-order valence-corrected chi connectivity index (χ3v) is 5.18. The molecule has 0 spiro atoms. The van der Waals surface area contributed by atoms with Crippen LogP contribution in [0.2, 0.25) is 0 Å². The number of H-pyrrole nitrogens is 1. The first kappa shape index (κ1) is 20.2. The van der Waals surface area contributed by atoms with Gasteiger partial charge in [0, 0.05) is 29.6 Å². The SMILES string of the molecule is COc1ccc([C@@H](CNC(=S)NCC[NH+](C)C)c2c[nH]c3ccccc23)cc1. The van der Waals surface area contributed by atoms with E-state index in [9.17, 15) is 0 Å². The van der Waals surface area contributed by atoms with Crippen LogP contribution in [0.5, 0.6) is 5.75 Å². The van der Waals surface area contributed by atoms with E-state index < -0.39 is 0 Å². The number of benzene rings is 2. The lowest BCUT2D eigenvalue weighted by Crippen LogP contribution is -3.06. The number of quaternary nitrogens is 1. The number of rotatable bonds is 8. The third-order valence-electron chi connectivity index (χ3n) is 4.89. The van der Waals surface area contributed by atoms with E-state index >= 15 is 0 Å². The summed E-state index contributed by atoms with van der Waals surface area (Å²) >= 11 is 5.48. The molecule has 5 nitrogen and oxygen atoms in total. The van der Waals surface area contributed by atoms with Crippen molar-refractivity contribution in [1.29, 1.82) is 0 Å². The zero-order chi connectivity index (χ0) is 19.9. The molecule has 6 heteroatoms. The number of hydrogen-bond donors (Lipinski definition) is 4. The molecule has 1 atom stereocenters. The summed E-state index contributed by atoms with van der Waals surface area (Å²) in [5.74, 6) is 1.03. The number of aromatic amines is 1. The second kappa shape index (κ2) is 9.57. The second-order valence-electron chi connectivity index (χ2n) is 7.21. The molecule has 2 aromatic carbocycles. The molecule has 0 fully saturated rings. The van der Waals surface area contributed by atoms with Crippen molar-refractivity contribution in [3.8, 4) is 5.75 Å². The van der Waals surface area contributed by atoms with Crippen LogP contribution in [0, 0.1) is 0 Å². The normalized spacial score (nSPS) is 12.1. The van der Waals surface area contributed by atoms with E-state index in [1.807, 2.05) is 12.1 Å². The van der Waals surface area contributed by atoms with Crippen molar-refractivity contribution in [1.82, 2.24) is 15.6 Å². The molecule has 4 N–H and O–H groups in total. The summed E-state index contributed by atoms with van der Waals surface area (Å²) in [4.78, 5) is 4.79.